The van der Waals surface area contributed by atoms with Crippen LogP contribution in [0.15, 0.2) is 11.6 Å². The molecular weight excluding hydrogens is 164 g/mol. The second-order valence-corrected chi connectivity index (χ2v) is 4.28. The van der Waals surface area contributed by atoms with E-state index < -0.39 is 5.60 Å². The molecule has 0 amide bonds. The van der Waals surface area contributed by atoms with E-state index in [-0.39, 0.29) is 12.5 Å². The molecule has 0 aliphatic heterocycles. The minimum absolute atomic E-state index is 0.132. The first-order valence-electron chi connectivity index (χ1n) is 4.86. The summed E-state index contributed by atoms with van der Waals surface area (Å²) >= 11 is 0. The van der Waals surface area contributed by atoms with Crippen LogP contribution in [0.1, 0.15) is 40.5 Å². The molecule has 2 nitrogen and oxygen atoms in total. The highest BCUT2D eigenvalue weighted by Gasteiger charge is 2.26. The maximum atomic E-state index is 9.69. The fraction of sp³-hybridized carbons (Fsp3) is 0.818. The normalized spacial score (nSPS) is 17.7. The highest BCUT2D eigenvalue weighted by Crippen LogP contribution is 2.21. The lowest BCUT2D eigenvalue weighted by Gasteiger charge is -2.27. The molecule has 2 heteroatoms. The average molecular weight is 186 g/mol. The van der Waals surface area contributed by atoms with E-state index in [1.807, 2.05) is 6.92 Å². The predicted octanol–water partition coefficient (Wildman–Crippen LogP) is 2.11. The summed E-state index contributed by atoms with van der Waals surface area (Å²) < 4.78 is 0. The predicted molar refractivity (Wildman–Crippen MR) is 55.5 cm³/mol. The van der Waals surface area contributed by atoms with Gasteiger partial charge >= 0.3 is 0 Å². The quantitative estimate of drug-likeness (QED) is 0.646. The molecule has 13 heavy (non-hydrogen) atoms. The first kappa shape index (κ1) is 12.7. The fourth-order valence-corrected chi connectivity index (χ4v) is 1.09. The lowest BCUT2D eigenvalue weighted by atomic mass is 9.87. The summed E-state index contributed by atoms with van der Waals surface area (Å²) in [4.78, 5) is 0. The molecule has 0 aromatic heterocycles. The van der Waals surface area contributed by atoms with Crippen LogP contribution in [0.5, 0.6) is 0 Å². The molecular formula is C11H22O2. The molecule has 2 atom stereocenters. The van der Waals surface area contributed by atoms with Gasteiger partial charge in [-0.2, -0.15) is 0 Å². The van der Waals surface area contributed by atoms with Crippen molar-refractivity contribution in [3.05, 3.63) is 11.6 Å². The van der Waals surface area contributed by atoms with E-state index in [0.29, 0.717) is 0 Å². The average Bonchev–Trinajstić information content (AvgIpc) is 2.03. The summed E-state index contributed by atoms with van der Waals surface area (Å²) in [6.07, 6.45) is 4.04. The Morgan fingerprint density at radius 1 is 1.46 bits per heavy atom. The largest absolute Gasteiger partial charge is 0.393 e. The van der Waals surface area contributed by atoms with E-state index in [1.54, 1.807) is 6.92 Å². The highest BCUT2D eigenvalue weighted by molar-refractivity contribution is 4.93. The fourth-order valence-electron chi connectivity index (χ4n) is 1.09. The van der Waals surface area contributed by atoms with Crippen LogP contribution in [-0.4, -0.2) is 22.4 Å². The van der Waals surface area contributed by atoms with Crippen LogP contribution in [0.4, 0.5) is 0 Å². The topological polar surface area (TPSA) is 40.5 Å². The molecule has 0 saturated heterocycles. The lowest BCUT2D eigenvalue weighted by molar-refractivity contribution is -0.0429. The Hall–Kier alpha value is -0.340. The molecule has 0 aliphatic carbocycles. The van der Waals surface area contributed by atoms with Gasteiger partial charge in [0.1, 0.15) is 0 Å². The molecule has 0 radical (unpaired) electrons. The van der Waals surface area contributed by atoms with Crippen LogP contribution >= 0.6 is 0 Å². The molecule has 0 saturated carbocycles. The third kappa shape index (κ3) is 5.06. The monoisotopic (exact) mass is 186 g/mol. The maximum absolute atomic E-state index is 9.69. The lowest BCUT2D eigenvalue weighted by Crippen LogP contribution is -2.36. The van der Waals surface area contributed by atoms with Crippen LogP contribution in [0.3, 0.4) is 0 Å². The van der Waals surface area contributed by atoms with Crippen LogP contribution in [0, 0.1) is 5.92 Å². The van der Waals surface area contributed by atoms with Gasteiger partial charge in [-0.15, -0.1) is 0 Å². The van der Waals surface area contributed by atoms with Crippen molar-refractivity contribution in [2.45, 2.75) is 46.1 Å². The Labute approximate surface area is 81.3 Å². The Kier molecular flexibility index (Phi) is 5.26. The Bertz CT molecular complexity index is 167. The van der Waals surface area contributed by atoms with E-state index in [0.717, 1.165) is 12.8 Å². The van der Waals surface area contributed by atoms with Crippen molar-refractivity contribution in [1.82, 2.24) is 0 Å². The van der Waals surface area contributed by atoms with Crippen molar-refractivity contribution in [3.63, 3.8) is 0 Å². The molecule has 2 unspecified atom stereocenters. The molecule has 0 aromatic rings. The van der Waals surface area contributed by atoms with E-state index >= 15 is 0 Å². The zero-order chi connectivity index (χ0) is 10.5. The van der Waals surface area contributed by atoms with Crippen molar-refractivity contribution >= 4 is 0 Å². The zero-order valence-electron chi connectivity index (χ0n) is 9.17. The number of aliphatic hydroxyl groups excluding tert-OH is 1. The maximum Gasteiger partial charge on any atom is 0.0874 e. The number of hydrogen-bond acceptors (Lipinski definition) is 2. The SMILES string of the molecule is CC(C)=CCCC(C)C(C)(O)CO. The number of allylic oxidation sites excluding steroid dienone is 2. The van der Waals surface area contributed by atoms with Gasteiger partial charge in [0.15, 0.2) is 0 Å². The van der Waals surface area contributed by atoms with Crippen LogP contribution in [0.25, 0.3) is 0 Å². The van der Waals surface area contributed by atoms with Gasteiger partial charge in [-0.3, -0.25) is 0 Å². The zero-order valence-corrected chi connectivity index (χ0v) is 9.17. The van der Waals surface area contributed by atoms with E-state index in [9.17, 15) is 5.11 Å². The number of aliphatic hydroxyl groups is 2. The molecule has 0 fully saturated rings. The summed E-state index contributed by atoms with van der Waals surface area (Å²) in [5.41, 5.74) is 0.367. The van der Waals surface area contributed by atoms with Gasteiger partial charge in [0.2, 0.25) is 0 Å². The second-order valence-electron chi connectivity index (χ2n) is 4.28. The van der Waals surface area contributed by atoms with Gasteiger partial charge in [0, 0.05) is 0 Å². The first-order chi connectivity index (χ1) is 5.90. The van der Waals surface area contributed by atoms with Crippen molar-refractivity contribution in [3.8, 4) is 0 Å². The second kappa shape index (κ2) is 5.40. The Morgan fingerprint density at radius 2 is 2.00 bits per heavy atom. The minimum atomic E-state index is -0.935. The molecule has 2 N–H and O–H groups in total. The van der Waals surface area contributed by atoms with E-state index in [2.05, 4.69) is 19.9 Å². The molecule has 0 aliphatic rings. The van der Waals surface area contributed by atoms with Gasteiger partial charge in [-0.1, -0.05) is 18.6 Å². The van der Waals surface area contributed by atoms with Crippen molar-refractivity contribution in [2.75, 3.05) is 6.61 Å². The number of hydrogen-bond donors (Lipinski definition) is 2. The third-order valence-electron chi connectivity index (χ3n) is 2.53. The summed E-state index contributed by atoms with van der Waals surface area (Å²) in [6, 6.07) is 0. The Morgan fingerprint density at radius 3 is 2.38 bits per heavy atom. The molecule has 0 bridgehead atoms. The van der Waals surface area contributed by atoms with Gasteiger partial charge in [0.25, 0.3) is 0 Å². The van der Waals surface area contributed by atoms with Gasteiger partial charge in [-0.05, 0) is 39.5 Å². The Balaban J connectivity index is 3.87. The van der Waals surface area contributed by atoms with Gasteiger partial charge in [-0.25, -0.2) is 0 Å². The summed E-state index contributed by atoms with van der Waals surface area (Å²) in [5.74, 6) is 0.132. The first-order valence-corrected chi connectivity index (χ1v) is 4.86. The summed E-state index contributed by atoms with van der Waals surface area (Å²) in [6.45, 7) is 7.61. The molecule has 78 valence electrons. The highest BCUT2D eigenvalue weighted by atomic mass is 16.3. The van der Waals surface area contributed by atoms with E-state index in [1.165, 1.54) is 5.57 Å². The minimum Gasteiger partial charge on any atom is -0.393 e. The smallest absolute Gasteiger partial charge is 0.0874 e. The van der Waals surface area contributed by atoms with Crippen molar-refractivity contribution in [1.29, 1.82) is 0 Å². The van der Waals surface area contributed by atoms with Gasteiger partial charge in [0.05, 0.1) is 12.2 Å². The molecule has 0 spiro atoms. The standard InChI is InChI=1S/C11H22O2/c1-9(2)6-5-7-10(3)11(4,13)8-12/h6,10,12-13H,5,7-8H2,1-4H3. The number of rotatable bonds is 5. The molecule has 0 rings (SSSR count). The van der Waals surface area contributed by atoms with Crippen LogP contribution < -0.4 is 0 Å². The molecule has 0 heterocycles. The van der Waals surface area contributed by atoms with Crippen molar-refractivity contribution in [2.24, 2.45) is 5.92 Å². The van der Waals surface area contributed by atoms with E-state index in [4.69, 9.17) is 5.11 Å². The van der Waals surface area contributed by atoms with Crippen LogP contribution in [0.2, 0.25) is 0 Å². The summed E-state index contributed by atoms with van der Waals surface area (Å²) in [5, 5.41) is 18.6. The third-order valence-corrected chi connectivity index (χ3v) is 2.53. The summed E-state index contributed by atoms with van der Waals surface area (Å²) in [7, 11) is 0. The van der Waals surface area contributed by atoms with Crippen molar-refractivity contribution < 1.29 is 10.2 Å². The van der Waals surface area contributed by atoms with Crippen LogP contribution in [-0.2, 0) is 0 Å². The molecule has 0 aromatic carbocycles. The van der Waals surface area contributed by atoms with Gasteiger partial charge < -0.3 is 10.2 Å².